The highest BCUT2D eigenvalue weighted by Gasteiger charge is 2.34. The van der Waals surface area contributed by atoms with Gasteiger partial charge in [-0.1, -0.05) is 19.3 Å². The van der Waals surface area contributed by atoms with Crippen LogP contribution in [-0.2, 0) is 14.3 Å². The largest absolute Gasteiger partial charge is 0.469 e. The van der Waals surface area contributed by atoms with Crippen LogP contribution in [0.25, 0.3) is 0 Å². The van der Waals surface area contributed by atoms with E-state index in [4.69, 9.17) is 9.47 Å². The molecule has 25 heavy (non-hydrogen) atoms. The van der Waals surface area contributed by atoms with Crippen LogP contribution in [0.1, 0.15) is 51.4 Å². The van der Waals surface area contributed by atoms with Crippen LogP contribution in [0.3, 0.4) is 0 Å². The van der Waals surface area contributed by atoms with E-state index in [1.165, 1.54) is 58.7 Å². The van der Waals surface area contributed by atoms with Crippen molar-refractivity contribution in [2.75, 3.05) is 53.0 Å². The van der Waals surface area contributed by atoms with Crippen LogP contribution < -0.4 is 0 Å². The lowest BCUT2D eigenvalue weighted by Gasteiger charge is -2.46. The molecule has 3 rings (SSSR count). The molecule has 144 valence electrons. The van der Waals surface area contributed by atoms with Gasteiger partial charge in [-0.3, -0.25) is 9.69 Å². The van der Waals surface area contributed by atoms with Crippen molar-refractivity contribution in [2.24, 2.45) is 11.8 Å². The number of carbonyl (C=O) groups excluding carboxylic acids is 1. The molecule has 0 aromatic carbocycles. The smallest absolute Gasteiger partial charge is 0.305 e. The van der Waals surface area contributed by atoms with Crippen molar-refractivity contribution in [1.29, 1.82) is 0 Å². The number of hydrogen-bond acceptors (Lipinski definition) is 5. The first-order valence-corrected chi connectivity index (χ1v) is 10.4. The summed E-state index contributed by atoms with van der Waals surface area (Å²) in [7, 11) is 1.50. The number of likely N-dealkylation sites (tertiary alicyclic amines) is 1. The van der Waals surface area contributed by atoms with Gasteiger partial charge in [0.05, 0.1) is 20.3 Å². The second-order valence-corrected chi connectivity index (χ2v) is 8.14. The number of nitrogens with zero attached hydrogens (tertiary/aromatic N) is 2. The van der Waals surface area contributed by atoms with E-state index in [2.05, 4.69) is 9.80 Å². The average Bonchev–Trinajstić information content (AvgIpc) is 2.67. The highest BCUT2D eigenvalue weighted by Crippen LogP contribution is 2.30. The van der Waals surface area contributed by atoms with Gasteiger partial charge in [0.2, 0.25) is 0 Å². The molecule has 0 aromatic heterocycles. The van der Waals surface area contributed by atoms with E-state index in [0.29, 0.717) is 18.4 Å². The fourth-order valence-electron chi connectivity index (χ4n) is 5.07. The van der Waals surface area contributed by atoms with Crippen molar-refractivity contribution in [3.63, 3.8) is 0 Å². The summed E-state index contributed by atoms with van der Waals surface area (Å²) in [6, 6.07) is 0.608. The molecule has 0 aromatic rings. The second-order valence-electron chi connectivity index (χ2n) is 8.14. The highest BCUT2D eigenvalue weighted by molar-refractivity contribution is 5.69. The Morgan fingerprint density at radius 3 is 2.56 bits per heavy atom. The molecule has 0 amide bonds. The molecule has 0 bridgehead atoms. The summed E-state index contributed by atoms with van der Waals surface area (Å²) >= 11 is 0. The second kappa shape index (κ2) is 9.89. The quantitative estimate of drug-likeness (QED) is 0.687. The lowest BCUT2D eigenvalue weighted by Crippen LogP contribution is -2.54. The first kappa shape index (κ1) is 19.1. The van der Waals surface area contributed by atoms with Crippen LogP contribution in [0.5, 0.6) is 0 Å². The van der Waals surface area contributed by atoms with Crippen LogP contribution in [0.15, 0.2) is 0 Å². The molecule has 2 heterocycles. The van der Waals surface area contributed by atoms with Gasteiger partial charge in [0.1, 0.15) is 0 Å². The van der Waals surface area contributed by atoms with Crippen molar-refractivity contribution in [3.8, 4) is 0 Å². The zero-order chi connectivity index (χ0) is 17.5. The summed E-state index contributed by atoms with van der Waals surface area (Å²) in [5.41, 5.74) is 0. The molecule has 0 spiro atoms. The Bertz CT molecular complexity index is 406. The Balaban J connectivity index is 1.56. The molecule has 3 aliphatic rings. The number of carbonyl (C=O) groups is 1. The number of morpholine rings is 1. The first-order chi connectivity index (χ1) is 12.3. The summed E-state index contributed by atoms with van der Waals surface area (Å²) in [6.07, 6.45) is 9.83. The number of methoxy groups -OCH3 is 1. The number of piperidine rings is 1. The van der Waals surface area contributed by atoms with Gasteiger partial charge in [-0.15, -0.1) is 0 Å². The lowest BCUT2D eigenvalue weighted by molar-refractivity contribution is -0.141. The monoisotopic (exact) mass is 352 g/mol. The molecule has 1 saturated carbocycles. The van der Waals surface area contributed by atoms with Crippen LogP contribution in [0.4, 0.5) is 0 Å². The number of rotatable bonds is 6. The normalized spacial score (nSPS) is 30.3. The first-order valence-electron chi connectivity index (χ1n) is 10.4. The van der Waals surface area contributed by atoms with Gasteiger partial charge in [0.25, 0.3) is 0 Å². The van der Waals surface area contributed by atoms with Gasteiger partial charge in [-0.25, -0.2) is 0 Å². The summed E-state index contributed by atoms with van der Waals surface area (Å²) in [6.45, 7) is 7.43. The van der Waals surface area contributed by atoms with Crippen molar-refractivity contribution in [1.82, 2.24) is 9.80 Å². The zero-order valence-electron chi connectivity index (χ0n) is 16.0. The van der Waals surface area contributed by atoms with E-state index >= 15 is 0 Å². The molecule has 1 aliphatic carbocycles. The van der Waals surface area contributed by atoms with Gasteiger partial charge >= 0.3 is 5.97 Å². The number of esters is 1. The highest BCUT2D eigenvalue weighted by atomic mass is 16.5. The third kappa shape index (κ3) is 5.66. The van der Waals surface area contributed by atoms with Crippen LogP contribution in [-0.4, -0.2) is 74.9 Å². The minimum atomic E-state index is -0.0647. The van der Waals surface area contributed by atoms with E-state index in [0.717, 1.165) is 45.2 Å². The third-order valence-corrected chi connectivity index (χ3v) is 6.48. The summed E-state index contributed by atoms with van der Waals surface area (Å²) < 4.78 is 10.4. The Kier molecular flexibility index (Phi) is 7.56. The summed E-state index contributed by atoms with van der Waals surface area (Å²) in [4.78, 5) is 17.0. The fourth-order valence-corrected chi connectivity index (χ4v) is 5.07. The van der Waals surface area contributed by atoms with Gasteiger partial charge in [-0.2, -0.15) is 0 Å². The van der Waals surface area contributed by atoms with Gasteiger partial charge in [0.15, 0.2) is 0 Å². The Morgan fingerprint density at radius 2 is 1.84 bits per heavy atom. The maximum absolute atomic E-state index is 11.7. The van der Waals surface area contributed by atoms with Gasteiger partial charge in [0, 0.05) is 38.6 Å². The molecular formula is C20H36N2O3. The topological polar surface area (TPSA) is 42.0 Å². The predicted molar refractivity (Wildman–Crippen MR) is 98.6 cm³/mol. The molecule has 0 N–H and O–H groups in total. The van der Waals surface area contributed by atoms with Crippen LogP contribution >= 0.6 is 0 Å². The van der Waals surface area contributed by atoms with Gasteiger partial charge in [-0.05, 0) is 44.1 Å². The minimum absolute atomic E-state index is 0.0647. The SMILES string of the molecule is COC(=O)CC[C@H]1CN(CC2CCCCC2)CC[C@H]1N1CCOCC1. The van der Waals surface area contributed by atoms with Gasteiger partial charge < -0.3 is 14.4 Å². The zero-order valence-corrected chi connectivity index (χ0v) is 16.0. The minimum Gasteiger partial charge on any atom is -0.469 e. The van der Waals surface area contributed by atoms with Crippen molar-refractivity contribution in [3.05, 3.63) is 0 Å². The van der Waals surface area contributed by atoms with Crippen molar-refractivity contribution in [2.45, 2.75) is 57.4 Å². The fraction of sp³-hybridized carbons (Fsp3) is 0.950. The van der Waals surface area contributed by atoms with E-state index in [1.54, 1.807) is 0 Å². The predicted octanol–water partition coefficient (Wildman–Crippen LogP) is 2.54. The third-order valence-electron chi connectivity index (χ3n) is 6.48. The maximum Gasteiger partial charge on any atom is 0.305 e. The van der Waals surface area contributed by atoms with E-state index in [9.17, 15) is 4.79 Å². The molecule has 5 heteroatoms. The molecule has 0 radical (unpaired) electrons. The van der Waals surface area contributed by atoms with Crippen molar-refractivity contribution >= 4 is 5.97 Å². The Morgan fingerprint density at radius 1 is 1.08 bits per heavy atom. The molecular weight excluding hydrogens is 316 g/mol. The average molecular weight is 353 g/mol. The Labute approximate surface area is 153 Å². The van der Waals surface area contributed by atoms with E-state index < -0.39 is 0 Å². The number of ether oxygens (including phenoxy) is 2. The molecule has 2 atom stereocenters. The van der Waals surface area contributed by atoms with Crippen molar-refractivity contribution < 1.29 is 14.3 Å². The molecule has 0 unspecified atom stereocenters. The molecule has 3 fully saturated rings. The summed E-state index contributed by atoms with van der Waals surface area (Å²) in [5, 5.41) is 0. The molecule has 2 saturated heterocycles. The van der Waals surface area contributed by atoms with E-state index in [-0.39, 0.29) is 5.97 Å². The van der Waals surface area contributed by atoms with Crippen LogP contribution in [0, 0.1) is 11.8 Å². The number of hydrogen-bond donors (Lipinski definition) is 0. The van der Waals surface area contributed by atoms with Crippen LogP contribution in [0.2, 0.25) is 0 Å². The molecule has 5 nitrogen and oxygen atoms in total. The molecule has 2 aliphatic heterocycles. The standard InChI is InChI=1S/C20H36N2O3/c1-24-20(23)8-7-18-16-21(15-17-5-3-2-4-6-17)10-9-19(18)22-11-13-25-14-12-22/h17-19H,2-16H2,1H3/t18-,19+/m0/s1. The summed E-state index contributed by atoms with van der Waals surface area (Å²) in [5.74, 6) is 1.41. The lowest BCUT2D eigenvalue weighted by atomic mass is 9.84. The Hall–Kier alpha value is -0.650. The van der Waals surface area contributed by atoms with E-state index in [1.807, 2.05) is 0 Å². The maximum atomic E-state index is 11.7.